The highest BCUT2D eigenvalue weighted by Gasteiger charge is 2.39. The standard InChI is InChI=1S/C24H25N3O3/c28-23(24(29,19-10-4-1-5-11-19)20-12-6-2-7-13-20)26-25-18-21-14-15-22(30-21)27-16-8-3-9-17-27/h1-2,4-7,10-15,18,29H,3,8-9,16-17H2,(H,26,28)/b25-18-. The minimum atomic E-state index is -1.86. The fourth-order valence-corrected chi connectivity index (χ4v) is 3.72. The largest absolute Gasteiger partial charge is 0.440 e. The highest BCUT2D eigenvalue weighted by Crippen LogP contribution is 2.30. The Morgan fingerprint density at radius 1 is 0.933 bits per heavy atom. The molecule has 2 aromatic carbocycles. The number of nitrogens with one attached hydrogen (secondary N) is 1. The summed E-state index contributed by atoms with van der Waals surface area (Å²) < 4.78 is 5.82. The molecule has 1 saturated heterocycles. The average molecular weight is 403 g/mol. The van der Waals surface area contributed by atoms with E-state index < -0.39 is 11.5 Å². The second kappa shape index (κ2) is 8.97. The van der Waals surface area contributed by atoms with Gasteiger partial charge in [-0.25, -0.2) is 5.43 Å². The third-order valence-electron chi connectivity index (χ3n) is 5.35. The van der Waals surface area contributed by atoms with E-state index in [-0.39, 0.29) is 0 Å². The van der Waals surface area contributed by atoms with Crippen LogP contribution in [0.3, 0.4) is 0 Å². The quantitative estimate of drug-likeness (QED) is 0.486. The van der Waals surface area contributed by atoms with Crippen molar-refractivity contribution in [3.05, 3.63) is 89.7 Å². The highest BCUT2D eigenvalue weighted by atomic mass is 16.4. The molecule has 1 aliphatic heterocycles. The Hall–Kier alpha value is -3.38. The van der Waals surface area contributed by atoms with Crippen LogP contribution in [0.1, 0.15) is 36.1 Å². The minimum Gasteiger partial charge on any atom is -0.440 e. The number of piperidine rings is 1. The summed E-state index contributed by atoms with van der Waals surface area (Å²) in [6, 6.07) is 21.4. The zero-order chi connectivity index (χ0) is 20.8. The van der Waals surface area contributed by atoms with Gasteiger partial charge in [0, 0.05) is 19.2 Å². The van der Waals surface area contributed by atoms with Crippen molar-refractivity contribution in [1.82, 2.24) is 5.43 Å². The number of hydrazone groups is 1. The Bertz CT molecular complexity index is 953. The molecule has 2 heterocycles. The van der Waals surface area contributed by atoms with Crippen molar-refractivity contribution in [3.63, 3.8) is 0 Å². The molecular weight excluding hydrogens is 378 g/mol. The van der Waals surface area contributed by atoms with Crippen molar-refractivity contribution in [2.45, 2.75) is 24.9 Å². The first-order valence-corrected chi connectivity index (χ1v) is 10.2. The van der Waals surface area contributed by atoms with Crippen molar-refractivity contribution in [1.29, 1.82) is 0 Å². The van der Waals surface area contributed by atoms with Crippen molar-refractivity contribution in [2.75, 3.05) is 18.0 Å². The van der Waals surface area contributed by atoms with E-state index in [4.69, 9.17) is 4.42 Å². The third kappa shape index (κ3) is 4.14. The SMILES string of the molecule is O=C(N/N=C\c1ccc(N2CCCCC2)o1)C(O)(c1ccccc1)c1ccccc1. The second-order valence-corrected chi connectivity index (χ2v) is 7.37. The number of amides is 1. The fourth-order valence-electron chi connectivity index (χ4n) is 3.72. The Balaban J connectivity index is 1.50. The minimum absolute atomic E-state index is 0.467. The average Bonchev–Trinajstić information content (AvgIpc) is 3.29. The van der Waals surface area contributed by atoms with Crippen LogP contribution in [0.5, 0.6) is 0 Å². The number of carbonyl (C=O) groups is 1. The van der Waals surface area contributed by atoms with Crippen LogP contribution in [0.4, 0.5) is 5.88 Å². The van der Waals surface area contributed by atoms with Gasteiger partial charge in [-0.05, 0) is 36.5 Å². The Morgan fingerprint density at radius 2 is 1.53 bits per heavy atom. The molecule has 154 valence electrons. The molecule has 1 aromatic heterocycles. The van der Waals surface area contributed by atoms with E-state index in [1.165, 1.54) is 12.6 Å². The van der Waals surface area contributed by atoms with Crippen LogP contribution >= 0.6 is 0 Å². The molecule has 6 heteroatoms. The normalized spacial score (nSPS) is 14.8. The molecule has 30 heavy (non-hydrogen) atoms. The Morgan fingerprint density at radius 3 is 2.13 bits per heavy atom. The zero-order valence-corrected chi connectivity index (χ0v) is 16.7. The van der Waals surface area contributed by atoms with Gasteiger partial charge in [-0.3, -0.25) is 4.79 Å². The molecule has 1 amide bonds. The van der Waals surface area contributed by atoms with Gasteiger partial charge >= 0.3 is 0 Å². The Kier molecular flexibility index (Phi) is 5.95. The van der Waals surface area contributed by atoms with Gasteiger partial charge < -0.3 is 14.4 Å². The first-order valence-electron chi connectivity index (χ1n) is 10.2. The summed E-state index contributed by atoms with van der Waals surface area (Å²) in [6.07, 6.45) is 5.03. The van der Waals surface area contributed by atoms with Gasteiger partial charge in [0.25, 0.3) is 5.91 Å². The number of hydrogen-bond donors (Lipinski definition) is 2. The lowest BCUT2D eigenvalue weighted by Crippen LogP contribution is -2.43. The lowest BCUT2D eigenvalue weighted by molar-refractivity contribution is -0.136. The molecule has 0 unspecified atom stereocenters. The number of benzene rings is 2. The zero-order valence-electron chi connectivity index (χ0n) is 16.7. The van der Waals surface area contributed by atoms with Crippen LogP contribution in [0, 0.1) is 0 Å². The van der Waals surface area contributed by atoms with E-state index in [9.17, 15) is 9.90 Å². The molecule has 0 spiro atoms. The molecule has 6 nitrogen and oxygen atoms in total. The van der Waals surface area contributed by atoms with E-state index in [0.717, 1.165) is 31.8 Å². The molecule has 1 fully saturated rings. The molecule has 4 rings (SSSR count). The van der Waals surface area contributed by atoms with E-state index in [2.05, 4.69) is 15.4 Å². The summed E-state index contributed by atoms with van der Waals surface area (Å²) in [5.41, 5.74) is 1.54. The van der Waals surface area contributed by atoms with Gasteiger partial charge in [0.15, 0.2) is 11.5 Å². The third-order valence-corrected chi connectivity index (χ3v) is 5.35. The molecule has 0 saturated carbocycles. The van der Waals surface area contributed by atoms with Crippen LogP contribution in [0.15, 0.2) is 82.3 Å². The number of rotatable bonds is 6. The maximum atomic E-state index is 13.0. The summed E-state index contributed by atoms with van der Waals surface area (Å²) in [4.78, 5) is 15.2. The monoisotopic (exact) mass is 403 g/mol. The van der Waals surface area contributed by atoms with Gasteiger partial charge in [0.1, 0.15) is 5.76 Å². The fraction of sp³-hybridized carbons (Fsp3) is 0.250. The van der Waals surface area contributed by atoms with E-state index in [1.807, 2.05) is 24.3 Å². The summed E-state index contributed by atoms with van der Waals surface area (Å²) in [5.74, 6) is 0.713. The van der Waals surface area contributed by atoms with Crippen LogP contribution in [-0.2, 0) is 10.4 Å². The van der Waals surface area contributed by atoms with E-state index >= 15 is 0 Å². The van der Waals surface area contributed by atoms with Gasteiger partial charge in [-0.15, -0.1) is 0 Å². The van der Waals surface area contributed by atoms with Gasteiger partial charge in [0.2, 0.25) is 0 Å². The Labute approximate surface area is 175 Å². The molecule has 2 N–H and O–H groups in total. The predicted octanol–water partition coefficient (Wildman–Crippen LogP) is 3.66. The van der Waals surface area contributed by atoms with Crippen molar-refractivity contribution in [3.8, 4) is 0 Å². The number of aliphatic hydroxyl groups is 1. The van der Waals surface area contributed by atoms with Crippen LogP contribution in [0.25, 0.3) is 0 Å². The molecule has 0 radical (unpaired) electrons. The van der Waals surface area contributed by atoms with Crippen molar-refractivity contribution in [2.24, 2.45) is 5.10 Å². The summed E-state index contributed by atoms with van der Waals surface area (Å²) in [5, 5.41) is 15.4. The second-order valence-electron chi connectivity index (χ2n) is 7.37. The summed E-state index contributed by atoms with van der Waals surface area (Å²) in [7, 11) is 0. The topological polar surface area (TPSA) is 78.1 Å². The van der Waals surface area contributed by atoms with Crippen molar-refractivity contribution >= 4 is 18.0 Å². The number of carbonyl (C=O) groups excluding carboxylic acids is 1. The first-order chi connectivity index (χ1) is 14.7. The molecule has 0 bridgehead atoms. The molecular formula is C24H25N3O3. The number of furan rings is 1. The lowest BCUT2D eigenvalue weighted by atomic mass is 9.85. The van der Waals surface area contributed by atoms with E-state index in [0.29, 0.717) is 16.9 Å². The maximum Gasteiger partial charge on any atom is 0.281 e. The van der Waals surface area contributed by atoms with Gasteiger partial charge in [-0.1, -0.05) is 60.7 Å². The van der Waals surface area contributed by atoms with Crippen LogP contribution in [0.2, 0.25) is 0 Å². The lowest BCUT2D eigenvalue weighted by Gasteiger charge is -2.27. The smallest absolute Gasteiger partial charge is 0.281 e. The molecule has 0 aliphatic carbocycles. The van der Waals surface area contributed by atoms with Crippen molar-refractivity contribution < 1.29 is 14.3 Å². The van der Waals surface area contributed by atoms with E-state index in [1.54, 1.807) is 48.5 Å². The van der Waals surface area contributed by atoms with Gasteiger partial charge in [-0.2, -0.15) is 5.10 Å². The number of hydrogen-bond acceptors (Lipinski definition) is 5. The summed E-state index contributed by atoms with van der Waals surface area (Å²) in [6.45, 7) is 1.98. The number of anilines is 1. The molecule has 1 aliphatic rings. The van der Waals surface area contributed by atoms with Crippen LogP contribution in [-0.4, -0.2) is 30.3 Å². The summed E-state index contributed by atoms with van der Waals surface area (Å²) >= 11 is 0. The van der Waals surface area contributed by atoms with Gasteiger partial charge in [0.05, 0.1) is 6.21 Å². The number of nitrogens with zero attached hydrogens (tertiary/aromatic N) is 2. The highest BCUT2D eigenvalue weighted by molar-refractivity contribution is 5.90. The predicted molar refractivity (Wildman–Crippen MR) is 116 cm³/mol. The molecule has 3 aromatic rings. The first kappa shape index (κ1) is 19.9. The maximum absolute atomic E-state index is 13.0. The van der Waals surface area contributed by atoms with Crippen LogP contribution < -0.4 is 10.3 Å². The molecule has 0 atom stereocenters.